The number of amides is 2. The number of carboxylic acids is 2. The number of benzene rings is 1. The first-order chi connectivity index (χ1) is 19.7. The van der Waals surface area contributed by atoms with E-state index in [0.29, 0.717) is 42.7 Å². The number of rotatable bonds is 7. The van der Waals surface area contributed by atoms with Crippen molar-refractivity contribution in [3.8, 4) is 0 Å². The van der Waals surface area contributed by atoms with E-state index in [9.17, 15) is 19.2 Å². The molecule has 0 unspecified atom stereocenters. The number of nitrogens with zero attached hydrogens (tertiary/aromatic N) is 2. The number of ether oxygens (including phenoxy) is 1. The van der Waals surface area contributed by atoms with Crippen LogP contribution in [0.2, 0.25) is 5.02 Å². The highest BCUT2D eigenvalue weighted by Crippen LogP contribution is 2.34. The molecule has 11 nitrogen and oxygen atoms in total. The van der Waals surface area contributed by atoms with Gasteiger partial charge in [0.2, 0.25) is 11.8 Å². The second-order valence-electron chi connectivity index (χ2n) is 12.2. The minimum Gasteiger partial charge on any atom is -0.478 e. The lowest BCUT2D eigenvalue weighted by atomic mass is 9.81. The first-order valence-corrected chi connectivity index (χ1v) is 14.6. The highest BCUT2D eigenvalue weighted by molar-refractivity contribution is 6.33. The Morgan fingerprint density at radius 2 is 1.71 bits per heavy atom. The number of piperazine rings is 1. The Morgan fingerprint density at radius 3 is 2.31 bits per heavy atom. The molecule has 42 heavy (non-hydrogen) atoms. The maximum Gasteiger partial charge on any atom is 0.328 e. The Bertz CT molecular complexity index is 1150. The number of nitrogens with one attached hydrogen (secondary N) is 2. The second kappa shape index (κ2) is 14.5. The molecule has 3 aliphatic heterocycles. The molecule has 3 fully saturated rings. The predicted octanol–water partition coefficient (Wildman–Crippen LogP) is 2.78. The summed E-state index contributed by atoms with van der Waals surface area (Å²) in [6, 6.07) is 7.61. The van der Waals surface area contributed by atoms with E-state index in [1.54, 1.807) is 4.90 Å². The van der Waals surface area contributed by atoms with Gasteiger partial charge in [-0.2, -0.15) is 0 Å². The number of piperidine rings is 1. The summed E-state index contributed by atoms with van der Waals surface area (Å²) in [5.74, 6) is -2.07. The van der Waals surface area contributed by atoms with E-state index >= 15 is 0 Å². The third kappa shape index (κ3) is 9.00. The third-order valence-corrected chi connectivity index (χ3v) is 8.59. The van der Waals surface area contributed by atoms with E-state index in [1.165, 1.54) is 0 Å². The number of carboxylic acid groups (broad SMARTS) is 2. The first-order valence-electron chi connectivity index (χ1n) is 14.3. The number of carbonyl (C=O) groups excluding carboxylic acids is 2. The van der Waals surface area contributed by atoms with Gasteiger partial charge in [-0.15, -0.1) is 0 Å². The van der Waals surface area contributed by atoms with Crippen LogP contribution in [0.15, 0.2) is 36.4 Å². The summed E-state index contributed by atoms with van der Waals surface area (Å²) in [5, 5.41) is 23.0. The van der Waals surface area contributed by atoms with Gasteiger partial charge in [-0.25, -0.2) is 9.59 Å². The molecule has 3 aliphatic rings. The fourth-order valence-electron chi connectivity index (χ4n) is 5.96. The topological polar surface area (TPSA) is 149 Å². The van der Waals surface area contributed by atoms with Gasteiger partial charge in [-0.05, 0) is 65.0 Å². The Kier molecular flexibility index (Phi) is 11.5. The molecule has 232 valence electrons. The second-order valence-corrected chi connectivity index (χ2v) is 12.6. The van der Waals surface area contributed by atoms with Gasteiger partial charge in [0.1, 0.15) is 0 Å². The molecule has 3 saturated heterocycles. The normalized spacial score (nSPS) is 23.6. The fraction of sp³-hybridized carbons (Fsp3) is 0.600. The van der Waals surface area contributed by atoms with Crippen molar-refractivity contribution >= 4 is 41.0 Å². The van der Waals surface area contributed by atoms with E-state index in [0.717, 1.165) is 44.7 Å². The molecule has 1 aromatic carbocycles. The summed E-state index contributed by atoms with van der Waals surface area (Å²) < 4.78 is 5.50. The Hall–Kier alpha value is -2.99. The maximum atomic E-state index is 13.3. The van der Waals surface area contributed by atoms with Crippen LogP contribution in [0.3, 0.4) is 0 Å². The molecule has 0 radical (unpaired) electrons. The Morgan fingerprint density at radius 1 is 1.10 bits per heavy atom. The number of halogens is 1. The fourth-order valence-corrected chi connectivity index (χ4v) is 6.20. The minimum absolute atomic E-state index is 0.0413. The third-order valence-electron chi connectivity index (χ3n) is 8.27. The van der Waals surface area contributed by atoms with Crippen molar-refractivity contribution in [2.24, 2.45) is 11.8 Å². The monoisotopic (exact) mass is 606 g/mol. The van der Waals surface area contributed by atoms with E-state index in [-0.39, 0.29) is 34.9 Å². The van der Waals surface area contributed by atoms with Crippen molar-refractivity contribution in [1.29, 1.82) is 0 Å². The maximum absolute atomic E-state index is 13.3. The number of hydrogen-bond acceptors (Lipinski definition) is 7. The van der Waals surface area contributed by atoms with E-state index < -0.39 is 11.9 Å². The van der Waals surface area contributed by atoms with Crippen LogP contribution in [-0.4, -0.2) is 95.4 Å². The van der Waals surface area contributed by atoms with Gasteiger partial charge in [0.05, 0.1) is 23.2 Å². The molecule has 12 heteroatoms. The van der Waals surface area contributed by atoms with Gasteiger partial charge < -0.3 is 30.5 Å². The molecule has 0 aromatic heterocycles. The molecule has 4 N–H and O–H groups in total. The van der Waals surface area contributed by atoms with Gasteiger partial charge >= 0.3 is 11.9 Å². The van der Waals surface area contributed by atoms with Crippen LogP contribution >= 0.6 is 11.6 Å². The zero-order chi connectivity index (χ0) is 31.1. The number of aliphatic carboxylic acids is 2. The van der Waals surface area contributed by atoms with Crippen molar-refractivity contribution in [1.82, 2.24) is 15.5 Å². The molecule has 3 heterocycles. The number of anilines is 1. The summed E-state index contributed by atoms with van der Waals surface area (Å²) in [5.41, 5.74) is 0.249. The average Bonchev–Trinajstić information content (AvgIpc) is 2.94. The summed E-state index contributed by atoms with van der Waals surface area (Å²) in [4.78, 5) is 49.7. The molecule has 2 atom stereocenters. The summed E-state index contributed by atoms with van der Waals surface area (Å²) in [6.07, 6.45) is 3.81. The highest BCUT2D eigenvalue weighted by Gasteiger charge is 2.44. The van der Waals surface area contributed by atoms with Gasteiger partial charge in [0, 0.05) is 62.1 Å². The lowest BCUT2D eigenvalue weighted by Gasteiger charge is -2.51. The number of hydrogen-bond donors (Lipinski definition) is 4. The van der Waals surface area contributed by atoms with Gasteiger partial charge in [0.15, 0.2) is 0 Å². The van der Waals surface area contributed by atoms with Crippen LogP contribution in [0.1, 0.15) is 47.0 Å². The lowest BCUT2D eigenvalue weighted by molar-refractivity contribution is -0.134. The molecular formula is C30H43ClN4O7. The molecule has 0 bridgehead atoms. The van der Waals surface area contributed by atoms with Crippen LogP contribution in [0.25, 0.3) is 0 Å². The highest BCUT2D eigenvalue weighted by atomic mass is 35.5. The molecule has 0 spiro atoms. The van der Waals surface area contributed by atoms with Gasteiger partial charge in [-0.3, -0.25) is 14.5 Å². The van der Waals surface area contributed by atoms with Crippen LogP contribution in [0, 0.1) is 11.8 Å². The molecule has 0 aliphatic carbocycles. The predicted molar refractivity (Wildman–Crippen MR) is 160 cm³/mol. The molecule has 4 rings (SSSR count). The van der Waals surface area contributed by atoms with Crippen molar-refractivity contribution < 1.29 is 34.1 Å². The smallest absolute Gasteiger partial charge is 0.328 e. The Balaban J connectivity index is 0.000000531. The van der Waals surface area contributed by atoms with Crippen LogP contribution in [-0.2, 0) is 23.9 Å². The largest absolute Gasteiger partial charge is 0.478 e. The molecule has 1 aromatic rings. The van der Waals surface area contributed by atoms with Crippen molar-refractivity contribution in [3.63, 3.8) is 0 Å². The molecular weight excluding hydrogens is 564 g/mol. The number of carbonyl (C=O) groups is 4. The summed E-state index contributed by atoms with van der Waals surface area (Å²) in [6.45, 7) is 12.4. The van der Waals surface area contributed by atoms with Crippen LogP contribution in [0.4, 0.5) is 5.69 Å². The van der Waals surface area contributed by atoms with E-state index in [2.05, 4.69) is 43.2 Å². The zero-order valence-corrected chi connectivity index (χ0v) is 25.5. The SMILES string of the molecule is CC(C)(NC(=O)[C@@H]1CNC[C@H](N2CC(=O)N(c3ccccc3Cl)CC2(C)C)C1)C1CCOCC1.O=C(O)/C=C/C(=O)O. The quantitative estimate of drug-likeness (QED) is 0.344. The summed E-state index contributed by atoms with van der Waals surface area (Å²) >= 11 is 6.39. The van der Waals surface area contributed by atoms with Crippen LogP contribution in [0.5, 0.6) is 0 Å². The first kappa shape index (κ1) is 33.5. The molecule has 2 amide bonds. The van der Waals surface area contributed by atoms with Gasteiger partial charge in [-0.1, -0.05) is 23.7 Å². The lowest BCUT2D eigenvalue weighted by Crippen LogP contribution is -2.67. The van der Waals surface area contributed by atoms with Gasteiger partial charge in [0.25, 0.3) is 0 Å². The van der Waals surface area contributed by atoms with Crippen LogP contribution < -0.4 is 15.5 Å². The van der Waals surface area contributed by atoms with Crippen molar-refractivity contribution in [3.05, 3.63) is 41.4 Å². The zero-order valence-electron chi connectivity index (χ0n) is 24.8. The van der Waals surface area contributed by atoms with Crippen molar-refractivity contribution in [2.75, 3.05) is 44.3 Å². The molecule has 0 saturated carbocycles. The summed E-state index contributed by atoms with van der Waals surface area (Å²) in [7, 11) is 0. The minimum atomic E-state index is -1.26. The van der Waals surface area contributed by atoms with E-state index in [1.807, 2.05) is 24.3 Å². The Labute approximate surface area is 252 Å². The van der Waals surface area contributed by atoms with E-state index in [4.69, 9.17) is 26.6 Å². The standard InChI is InChI=1S/C26H39ClN4O3.C4H4O4/c1-25(2)17-30(22-8-6-5-7-21(22)27)23(32)16-31(25)20-13-18(14-28-15-20)24(33)29-26(3,4)19-9-11-34-12-10-19;5-3(6)1-2-4(7)8/h5-8,18-20,28H,9-17H2,1-4H3,(H,29,33);1-2H,(H,5,6)(H,7,8)/b;2-1+/t18-,20+;/m0./s1. The average molecular weight is 607 g/mol. The van der Waals surface area contributed by atoms with Crippen molar-refractivity contribution in [2.45, 2.75) is 64.1 Å². The number of para-hydroxylation sites is 1.